The van der Waals surface area contributed by atoms with Crippen LogP contribution in [0.3, 0.4) is 0 Å². The van der Waals surface area contributed by atoms with Gasteiger partial charge in [0.2, 0.25) is 11.8 Å². The van der Waals surface area contributed by atoms with Crippen LogP contribution in [0.5, 0.6) is 0 Å². The van der Waals surface area contributed by atoms with E-state index >= 15 is 0 Å². The monoisotopic (exact) mass is 320 g/mol. The Labute approximate surface area is 132 Å². The van der Waals surface area contributed by atoms with E-state index in [0.29, 0.717) is 17.0 Å². The van der Waals surface area contributed by atoms with Crippen molar-refractivity contribution in [2.45, 2.75) is 37.5 Å². The van der Waals surface area contributed by atoms with Crippen LogP contribution >= 0.6 is 11.6 Å². The molecule has 1 aliphatic carbocycles. The summed E-state index contributed by atoms with van der Waals surface area (Å²) in [7, 11) is 0. The molecule has 0 unspecified atom stereocenters. The number of hydrogen-bond donors (Lipinski definition) is 1. The van der Waals surface area contributed by atoms with Crippen molar-refractivity contribution < 1.29 is 4.52 Å². The van der Waals surface area contributed by atoms with Crippen molar-refractivity contribution in [3.8, 4) is 0 Å². The lowest BCUT2D eigenvalue weighted by molar-refractivity contribution is 0.364. The molecule has 0 amide bonds. The number of nitrogens with two attached hydrogens (primary N) is 1. The van der Waals surface area contributed by atoms with Crippen molar-refractivity contribution in [1.29, 1.82) is 0 Å². The van der Waals surface area contributed by atoms with Crippen LogP contribution < -0.4 is 10.6 Å². The number of hydrogen-bond acceptors (Lipinski definition) is 7. The Hall–Kier alpha value is -1.89. The van der Waals surface area contributed by atoms with Gasteiger partial charge in [-0.2, -0.15) is 9.97 Å². The highest BCUT2D eigenvalue weighted by atomic mass is 35.5. The number of halogens is 1. The Morgan fingerprint density at radius 1 is 1.09 bits per heavy atom. The number of nitrogen functional groups attached to an aromatic ring is 1. The molecular weight excluding hydrogens is 304 g/mol. The molecule has 1 aliphatic heterocycles. The van der Waals surface area contributed by atoms with E-state index in [9.17, 15) is 0 Å². The first kappa shape index (κ1) is 13.8. The van der Waals surface area contributed by atoms with Gasteiger partial charge in [0.1, 0.15) is 11.0 Å². The van der Waals surface area contributed by atoms with E-state index in [4.69, 9.17) is 21.9 Å². The van der Waals surface area contributed by atoms with Crippen molar-refractivity contribution in [3.63, 3.8) is 0 Å². The van der Waals surface area contributed by atoms with Crippen LogP contribution in [-0.4, -0.2) is 33.2 Å². The van der Waals surface area contributed by atoms with E-state index in [1.54, 1.807) is 6.07 Å². The normalized spacial score (nSPS) is 19.6. The second kappa shape index (κ2) is 5.39. The predicted molar refractivity (Wildman–Crippen MR) is 81.9 cm³/mol. The van der Waals surface area contributed by atoms with Crippen molar-refractivity contribution in [1.82, 2.24) is 20.1 Å². The summed E-state index contributed by atoms with van der Waals surface area (Å²) in [4.78, 5) is 14.9. The topological polar surface area (TPSA) is 94.0 Å². The average molecular weight is 321 g/mol. The molecular formula is C14H17ClN6O. The predicted octanol–water partition coefficient (Wildman–Crippen LogP) is 2.36. The average Bonchev–Trinajstić information content (AvgIpc) is 3.24. The first-order valence-corrected chi connectivity index (χ1v) is 7.95. The highest BCUT2D eigenvalue weighted by molar-refractivity contribution is 6.29. The van der Waals surface area contributed by atoms with Crippen molar-refractivity contribution in [2.75, 3.05) is 23.7 Å². The van der Waals surface area contributed by atoms with E-state index in [-0.39, 0.29) is 5.95 Å². The van der Waals surface area contributed by atoms with E-state index in [1.807, 2.05) is 0 Å². The molecule has 116 valence electrons. The zero-order valence-corrected chi connectivity index (χ0v) is 12.8. The van der Waals surface area contributed by atoms with Gasteiger partial charge in [0, 0.05) is 31.0 Å². The fraction of sp³-hybridized carbons (Fsp3) is 0.571. The molecule has 2 N–H and O–H groups in total. The molecule has 0 spiro atoms. The van der Waals surface area contributed by atoms with Gasteiger partial charge in [-0.15, -0.1) is 0 Å². The molecule has 0 aromatic carbocycles. The first-order valence-electron chi connectivity index (χ1n) is 7.57. The Bertz CT molecular complexity index is 657. The van der Waals surface area contributed by atoms with Crippen molar-refractivity contribution >= 4 is 23.4 Å². The highest BCUT2D eigenvalue weighted by Gasteiger charge is 2.32. The number of rotatable bonds is 3. The molecule has 8 heteroatoms. The largest absolute Gasteiger partial charge is 0.368 e. The van der Waals surface area contributed by atoms with Gasteiger partial charge in [-0.3, -0.25) is 0 Å². The minimum atomic E-state index is 0.205. The molecule has 0 atom stereocenters. The molecule has 1 saturated carbocycles. The maximum Gasteiger partial charge on any atom is 0.229 e. The summed E-state index contributed by atoms with van der Waals surface area (Å²) >= 11 is 5.94. The van der Waals surface area contributed by atoms with Gasteiger partial charge in [-0.1, -0.05) is 16.8 Å². The van der Waals surface area contributed by atoms with Gasteiger partial charge < -0.3 is 15.2 Å². The number of nitrogens with zero attached hydrogens (tertiary/aromatic N) is 5. The molecule has 2 aliphatic rings. The maximum absolute atomic E-state index is 5.94. The van der Waals surface area contributed by atoms with E-state index in [1.165, 1.54) is 12.8 Å². The zero-order chi connectivity index (χ0) is 15.1. The first-order chi connectivity index (χ1) is 10.7. The third-order valence-corrected chi connectivity index (χ3v) is 4.46. The summed E-state index contributed by atoms with van der Waals surface area (Å²) in [5, 5.41) is 4.53. The van der Waals surface area contributed by atoms with Crippen LogP contribution in [0, 0.1) is 0 Å². The second-order valence-corrected chi connectivity index (χ2v) is 6.32. The minimum Gasteiger partial charge on any atom is -0.368 e. The SMILES string of the molecule is Nc1nc(Cl)cc(N2CCC(c3noc(C4CC4)n3)CC2)n1. The fourth-order valence-electron chi connectivity index (χ4n) is 2.86. The van der Waals surface area contributed by atoms with Crippen LogP contribution in [0.4, 0.5) is 11.8 Å². The third-order valence-electron chi connectivity index (χ3n) is 4.27. The van der Waals surface area contributed by atoms with Crippen LogP contribution in [-0.2, 0) is 0 Å². The Kier molecular flexibility index (Phi) is 3.37. The lowest BCUT2D eigenvalue weighted by Gasteiger charge is -2.31. The molecule has 4 rings (SSSR count). The molecule has 1 saturated heterocycles. The summed E-state index contributed by atoms with van der Waals surface area (Å²) in [5.74, 6) is 3.50. The maximum atomic E-state index is 5.94. The minimum absolute atomic E-state index is 0.205. The van der Waals surface area contributed by atoms with Gasteiger partial charge in [-0.05, 0) is 25.7 Å². The molecule has 22 heavy (non-hydrogen) atoms. The Morgan fingerprint density at radius 2 is 1.86 bits per heavy atom. The standard InChI is InChI=1S/C14H17ClN6O/c15-10-7-11(18-14(16)17-10)21-5-3-8(4-6-21)12-19-13(22-20-12)9-1-2-9/h7-9H,1-6H2,(H2,16,17,18). The second-order valence-electron chi connectivity index (χ2n) is 5.93. The molecule has 3 heterocycles. The van der Waals surface area contributed by atoms with Crippen LogP contribution in [0.1, 0.15) is 49.2 Å². The summed E-state index contributed by atoms with van der Waals surface area (Å²) in [6, 6.07) is 1.75. The molecule has 0 bridgehead atoms. The molecule has 7 nitrogen and oxygen atoms in total. The van der Waals surface area contributed by atoms with E-state index < -0.39 is 0 Å². The summed E-state index contributed by atoms with van der Waals surface area (Å²) in [5.41, 5.74) is 5.66. The number of anilines is 2. The van der Waals surface area contributed by atoms with Gasteiger partial charge in [-0.25, -0.2) is 4.98 Å². The van der Waals surface area contributed by atoms with Gasteiger partial charge >= 0.3 is 0 Å². The quantitative estimate of drug-likeness (QED) is 0.867. The van der Waals surface area contributed by atoms with Crippen molar-refractivity contribution in [2.24, 2.45) is 0 Å². The van der Waals surface area contributed by atoms with E-state index in [0.717, 1.165) is 43.5 Å². The highest BCUT2D eigenvalue weighted by Crippen LogP contribution is 2.40. The fourth-order valence-corrected chi connectivity index (χ4v) is 3.05. The summed E-state index contributed by atoms with van der Waals surface area (Å²) in [6.45, 7) is 1.73. The Morgan fingerprint density at radius 3 is 2.55 bits per heavy atom. The van der Waals surface area contributed by atoms with Gasteiger partial charge in [0.15, 0.2) is 5.82 Å². The third kappa shape index (κ3) is 2.72. The lowest BCUT2D eigenvalue weighted by atomic mass is 9.96. The molecule has 2 aromatic heterocycles. The molecule has 0 radical (unpaired) electrons. The van der Waals surface area contributed by atoms with E-state index in [2.05, 4.69) is 25.0 Å². The van der Waals surface area contributed by atoms with Crippen LogP contribution in [0.2, 0.25) is 5.15 Å². The lowest BCUT2D eigenvalue weighted by Crippen LogP contribution is -2.34. The zero-order valence-electron chi connectivity index (χ0n) is 12.1. The summed E-state index contributed by atoms with van der Waals surface area (Å²) in [6.07, 6.45) is 4.28. The Balaban J connectivity index is 1.43. The van der Waals surface area contributed by atoms with Gasteiger partial charge in [0.25, 0.3) is 0 Å². The number of piperidine rings is 1. The summed E-state index contributed by atoms with van der Waals surface area (Å²) < 4.78 is 5.36. The molecule has 2 aromatic rings. The van der Waals surface area contributed by atoms with Crippen LogP contribution in [0.25, 0.3) is 0 Å². The van der Waals surface area contributed by atoms with Crippen LogP contribution in [0.15, 0.2) is 10.6 Å². The molecule has 2 fully saturated rings. The van der Waals surface area contributed by atoms with Gasteiger partial charge in [0.05, 0.1) is 0 Å². The smallest absolute Gasteiger partial charge is 0.229 e. The van der Waals surface area contributed by atoms with Crippen molar-refractivity contribution in [3.05, 3.63) is 22.9 Å². The number of aromatic nitrogens is 4.